The van der Waals surface area contributed by atoms with Crippen molar-refractivity contribution in [2.45, 2.75) is 32.7 Å². The molecule has 0 bridgehead atoms. The minimum absolute atomic E-state index is 0.0572. The van der Waals surface area contributed by atoms with Crippen LogP contribution in [0.1, 0.15) is 19.5 Å². The summed E-state index contributed by atoms with van der Waals surface area (Å²) in [7, 11) is 0. The maximum Gasteiger partial charge on any atom is 0.573 e. The lowest BCUT2D eigenvalue weighted by Crippen LogP contribution is -2.31. The summed E-state index contributed by atoms with van der Waals surface area (Å²) in [6.45, 7) is 3.74. The first kappa shape index (κ1) is 17.3. The molecule has 124 valence electrons. The van der Waals surface area contributed by atoms with Gasteiger partial charge in [-0.2, -0.15) is 0 Å². The van der Waals surface area contributed by atoms with Crippen LogP contribution in [0, 0.1) is 0 Å². The minimum atomic E-state index is -4.71. The van der Waals surface area contributed by atoms with Crippen molar-refractivity contribution < 1.29 is 22.7 Å². The van der Waals surface area contributed by atoms with Crippen LogP contribution in [0.5, 0.6) is 5.75 Å². The van der Waals surface area contributed by atoms with Gasteiger partial charge >= 0.3 is 6.36 Å². The molecule has 1 heterocycles. The van der Waals surface area contributed by atoms with Gasteiger partial charge in [0.05, 0.1) is 12.1 Å². The number of benzene rings is 1. The number of ether oxygens (including phenoxy) is 1. The van der Waals surface area contributed by atoms with E-state index < -0.39 is 6.36 Å². The Morgan fingerprint density at radius 2 is 1.96 bits per heavy atom. The normalized spacial score (nSPS) is 11.6. The van der Waals surface area contributed by atoms with Crippen LogP contribution in [0.25, 0.3) is 10.6 Å². The molecular weight excluding hydrogens is 329 g/mol. The lowest BCUT2D eigenvalue weighted by molar-refractivity contribution is -0.274. The van der Waals surface area contributed by atoms with Crippen molar-refractivity contribution in [3.8, 4) is 16.3 Å². The van der Waals surface area contributed by atoms with Gasteiger partial charge in [0, 0.05) is 17.0 Å². The molecule has 0 saturated heterocycles. The molecule has 0 spiro atoms. The van der Waals surface area contributed by atoms with E-state index in [-0.39, 0.29) is 24.1 Å². The van der Waals surface area contributed by atoms with E-state index in [2.05, 4.69) is 15.0 Å². The summed E-state index contributed by atoms with van der Waals surface area (Å²) in [6.07, 6.45) is -4.54. The molecule has 0 fully saturated rings. The minimum Gasteiger partial charge on any atom is -0.406 e. The number of carbonyl (C=O) groups is 1. The van der Waals surface area contributed by atoms with E-state index in [0.29, 0.717) is 16.3 Å². The first-order chi connectivity index (χ1) is 10.7. The van der Waals surface area contributed by atoms with Crippen LogP contribution in [0.4, 0.5) is 13.2 Å². The second-order valence-electron chi connectivity index (χ2n) is 5.12. The molecule has 2 rings (SSSR count). The largest absolute Gasteiger partial charge is 0.573 e. The number of hydrogen-bond acceptors (Lipinski definition) is 4. The zero-order valence-corrected chi connectivity index (χ0v) is 13.3. The number of rotatable bonds is 5. The second kappa shape index (κ2) is 6.99. The van der Waals surface area contributed by atoms with Crippen molar-refractivity contribution in [1.82, 2.24) is 10.3 Å². The monoisotopic (exact) mass is 344 g/mol. The zero-order chi connectivity index (χ0) is 17.0. The molecular formula is C15H15F3N2O2S. The highest BCUT2D eigenvalue weighted by Crippen LogP contribution is 2.28. The van der Waals surface area contributed by atoms with Crippen molar-refractivity contribution in [2.24, 2.45) is 0 Å². The van der Waals surface area contributed by atoms with Crippen LogP contribution < -0.4 is 10.1 Å². The highest BCUT2D eigenvalue weighted by atomic mass is 32.1. The maximum absolute atomic E-state index is 12.1. The van der Waals surface area contributed by atoms with Crippen molar-refractivity contribution in [3.05, 3.63) is 35.3 Å². The molecule has 0 aliphatic heterocycles. The van der Waals surface area contributed by atoms with Gasteiger partial charge < -0.3 is 10.1 Å². The van der Waals surface area contributed by atoms with Crippen LogP contribution in [0.2, 0.25) is 0 Å². The fraction of sp³-hybridized carbons (Fsp3) is 0.333. The molecule has 1 N–H and O–H groups in total. The number of aromatic nitrogens is 1. The van der Waals surface area contributed by atoms with Crippen molar-refractivity contribution in [2.75, 3.05) is 0 Å². The van der Waals surface area contributed by atoms with E-state index in [4.69, 9.17) is 0 Å². The summed E-state index contributed by atoms with van der Waals surface area (Å²) in [6, 6.07) is 5.52. The van der Waals surface area contributed by atoms with E-state index in [1.165, 1.54) is 35.6 Å². The first-order valence-corrected chi connectivity index (χ1v) is 7.71. The number of nitrogens with zero attached hydrogens (tertiary/aromatic N) is 1. The Morgan fingerprint density at radius 3 is 2.52 bits per heavy atom. The van der Waals surface area contributed by atoms with Gasteiger partial charge in [0.15, 0.2) is 0 Å². The van der Waals surface area contributed by atoms with Crippen LogP contribution in [-0.4, -0.2) is 23.3 Å². The van der Waals surface area contributed by atoms with Crippen LogP contribution >= 0.6 is 11.3 Å². The van der Waals surface area contributed by atoms with E-state index in [0.717, 1.165) is 0 Å². The Morgan fingerprint density at radius 1 is 1.30 bits per heavy atom. The van der Waals surface area contributed by atoms with Gasteiger partial charge in [-0.05, 0) is 38.1 Å². The third kappa shape index (κ3) is 5.55. The van der Waals surface area contributed by atoms with E-state index in [1.54, 1.807) is 5.38 Å². The van der Waals surface area contributed by atoms with Gasteiger partial charge in [-0.15, -0.1) is 24.5 Å². The van der Waals surface area contributed by atoms with Gasteiger partial charge in [0.2, 0.25) is 5.91 Å². The van der Waals surface area contributed by atoms with Crippen molar-refractivity contribution >= 4 is 17.2 Å². The van der Waals surface area contributed by atoms with Crippen LogP contribution in [0.3, 0.4) is 0 Å². The van der Waals surface area contributed by atoms with Gasteiger partial charge in [-0.3, -0.25) is 4.79 Å². The summed E-state index contributed by atoms with van der Waals surface area (Å²) >= 11 is 1.33. The summed E-state index contributed by atoms with van der Waals surface area (Å²) in [5, 5.41) is 5.17. The summed E-state index contributed by atoms with van der Waals surface area (Å²) < 4.78 is 40.1. The number of halogens is 3. The lowest BCUT2D eigenvalue weighted by Gasteiger charge is -2.08. The Labute approximate surface area is 135 Å². The molecule has 0 saturated carbocycles. The summed E-state index contributed by atoms with van der Waals surface area (Å²) in [5.74, 6) is -0.403. The molecule has 8 heteroatoms. The maximum atomic E-state index is 12.1. The molecule has 1 aromatic carbocycles. The van der Waals surface area contributed by atoms with E-state index in [9.17, 15) is 18.0 Å². The molecule has 0 aliphatic rings. The number of alkyl halides is 3. The third-order valence-electron chi connectivity index (χ3n) is 2.68. The highest BCUT2D eigenvalue weighted by Gasteiger charge is 2.31. The summed E-state index contributed by atoms with van der Waals surface area (Å²) in [4.78, 5) is 16.0. The summed E-state index contributed by atoms with van der Waals surface area (Å²) in [5.41, 5.74) is 1.29. The van der Waals surface area contributed by atoms with Crippen molar-refractivity contribution in [1.29, 1.82) is 0 Å². The molecule has 1 aromatic heterocycles. The topological polar surface area (TPSA) is 51.2 Å². The van der Waals surface area contributed by atoms with E-state index in [1.807, 2.05) is 13.8 Å². The molecule has 0 aliphatic carbocycles. The molecule has 0 atom stereocenters. The Hall–Kier alpha value is -2.09. The molecule has 4 nitrogen and oxygen atoms in total. The zero-order valence-electron chi connectivity index (χ0n) is 12.5. The Bertz CT molecular complexity index is 666. The molecule has 0 radical (unpaired) electrons. The average Bonchev–Trinajstić information content (AvgIpc) is 2.85. The fourth-order valence-corrected chi connectivity index (χ4v) is 2.68. The van der Waals surface area contributed by atoms with Gasteiger partial charge in [0.25, 0.3) is 0 Å². The Kier molecular flexibility index (Phi) is 5.25. The number of amides is 1. The highest BCUT2D eigenvalue weighted by molar-refractivity contribution is 7.13. The third-order valence-corrected chi connectivity index (χ3v) is 3.62. The van der Waals surface area contributed by atoms with Crippen LogP contribution in [-0.2, 0) is 11.2 Å². The number of carbonyl (C=O) groups excluding carboxylic acids is 1. The SMILES string of the molecule is CC(C)NC(=O)Cc1csc(-c2ccc(OC(F)(F)F)cc2)n1. The van der Waals surface area contributed by atoms with Crippen molar-refractivity contribution in [3.63, 3.8) is 0 Å². The molecule has 2 aromatic rings. The number of thiazole rings is 1. The number of nitrogens with one attached hydrogen (secondary N) is 1. The standard InChI is InChI=1S/C15H15F3N2O2S/c1-9(2)19-13(21)7-11-8-23-14(20-11)10-3-5-12(6-4-10)22-15(16,17)18/h3-6,8-9H,7H2,1-2H3,(H,19,21). The second-order valence-corrected chi connectivity index (χ2v) is 5.97. The first-order valence-electron chi connectivity index (χ1n) is 6.83. The molecule has 0 unspecified atom stereocenters. The predicted octanol–water partition coefficient (Wildman–Crippen LogP) is 3.78. The lowest BCUT2D eigenvalue weighted by atomic mass is 10.2. The molecule has 23 heavy (non-hydrogen) atoms. The Balaban J connectivity index is 2.04. The van der Waals surface area contributed by atoms with Gasteiger partial charge in [0.1, 0.15) is 10.8 Å². The van der Waals surface area contributed by atoms with Gasteiger partial charge in [-0.1, -0.05) is 0 Å². The smallest absolute Gasteiger partial charge is 0.406 e. The van der Waals surface area contributed by atoms with Crippen LogP contribution in [0.15, 0.2) is 29.6 Å². The molecule has 1 amide bonds. The fourth-order valence-electron chi connectivity index (χ4n) is 1.86. The number of hydrogen-bond donors (Lipinski definition) is 1. The average molecular weight is 344 g/mol. The quantitative estimate of drug-likeness (QED) is 0.898. The predicted molar refractivity (Wildman–Crippen MR) is 81.2 cm³/mol. The van der Waals surface area contributed by atoms with E-state index >= 15 is 0 Å². The van der Waals surface area contributed by atoms with Gasteiger partial charge in [-0.25, -0.2) is 4.98 Å².